The van der Waals surface area contributed by atoms with Gasteiger partial charge in [-0.3, -0.25) is 9.69 Å². The second-order valence-corrected chi connectivity index (χ2v) is 8.37. The molecule has 3 aromatic carbocycles. The Morgan fingerprint density at radius 2 is 1.71 bits per heavy atom. The Bertz CT molecular complexity index is 1010. The van der Waals surface area contributed by atoms with Crippen LogP contribution in [0.5, 0.6) is 5.75 Å². The Kier molecular flexibility index (Phi) is 7.21. The number of benzene rings is 3. The molecule has 4 heteroatoms. The lowest BCUT2D eigenvalue weighted by molar-refractivity contribution is -0.128. The number of fused-ring (bicyclic) bond motifs is 1. The average molecular weight is 417 g/mol. The van der Waals surface area contributed by atoms with E-state index in [1.807, 2.05) is 37.3 Å². The van der Waals surface area contributed by atoms with Crippen LogP contribution in [0.15, 0.2) is 66.7 Å². The minimum Gasteiger partial charge on any atom is -0.480 e. The highest BCUT2D eigenvalue weighted by Crippen LogP contribution is 2.26. The van der Waals surface area contributed by atoms with Crippen LogP contribution in [-0.2, 0) is 17.9 Å². The van der Waals surface area contributed by atoms with Crippen molar-refractivity contribution in [2.75, 3.05) is 13.1 Å². The molecular weight excluding hydrogens is 384 g/mol. The van der Waals surface area contributed by atoms with Crippen LogP contribution in [0.1, 0.15) is 43.7 Å². The van der Waals surface area contributed by atoms with Crippen molar-refractivity contribution in [3.05, 3.63) is 77.9 Å². The molecule has 31 heavy (non-hydrogen) atoms. The van der Waals surface area contributed by atoms with Crippen molar-refractivity contribution in [1.29, 1.82) is 0 Å². The average Bonchev–Trinajstić information content (AvgIpc) is 2.82. The van der Waals surface area contributed by atoms with Crippen LogP contribution in [-0.4, -0.2) is 30.0 Å². The molecule has 0 saturated carbocycles. The van der Waals surface area contributed by atoms with Gasteiger partial charge in [-0.1, -0.05) is 74.0 Å². The number of piperidine rings is 1. The van der Waals surface area contributed by atoms with Crippen LogP contribution in [0.2, 0.25) is 0 Å². The highest BCUT2D eigenvalue weighted by Gasteiger charge is 2.19. The summed E-state index contributed by atoms with van der Waals surface area (Å²) in [5.41, 5.74) is 2.44. The molecule has 162 valence electrons. The zero-order valence-electron chi connectivity index (χ0n) is 18.3. The molecule has 1 atom stereocenters. The van der Waals surface area contributed by atoms with Crippen molar-refractivity contribution in [3.8, 4) is 5.75 Å². The van der Waals surface area contributed by atoms with Crippen LogP contribution in [0.25, 0.3) is 10.8 Å². The molecule has 1 saturated heterocycles. The van der Waals surface area contributed by atoms with E-state index in [0.29, 0.717) is 13.0 Å². The van der Waals surface area contributed by atoms with Gasteiger partial charge in [-0.05, 0) is 54.9 Å². The van der Waals surface area contributed by atoms with Gasteiger partial charge in [0.15, 0.2) is 6.10 Å². The van der Waals surface area contributed by atoms with Crippen LogP contribution >= 0.6 is 0 Å². The summed E-state index contributed by atoms with van der Waals surface area (Å²) < 4.78 is 6.13. The Morgan fingerprint density at radius 3 is 2.55 bits per heavy atom. The number of hydrogen-bond donors (Lipinski definition) is 1. The normalized spacial score (nSPS) is 15.5. The summed E-state index contributed by atoms with van der Waals surface area (Å²) in [4.78, 5) is 15.4. The molecule has 0 unspecified atom stereocenters. The topological polar surface area (TPSA) is 41.6 Å². The predicted molar refractivity (Wildman–Crippen MR) is 126 cm³/mol. The zero-order valence-corrected chi connectivity index (χ0v) is 18.3. The van der Waals surface area contributed by atoms with Gasteiger partial charge in [0.05, 0.1) is 0 Å². The van der Waals surface area contributed by atoms with Crippen molar-refractivity contribution in [2.24, 2.45) is 0 Å². The first-order valence-corrected chi connectivity index (χ1v) is 11.5. The summed E-state index contributed by atoms with van der Waals surface area (Å²) in [7, 11) is 0. The molecule has 0 aliphatic carbocycles. The molecule has 1 fully saturated rings. The van der Waals surface area contributed by atoms with E-state index in [1.54, 1.807) is 0 Å². The SMILES string of the molecule is CC[C@@H](Oc1cccc2ccccc12)C(=O)NCc1cccc(CN2CCCCC2)c1. The van der Waals surface area contributed by atoms with Gasteiger partial charge in [0.25, 0.3) is 5.91 Å². The summed E-state index contributed by atoms with van der Waals surface area (Å²) in [6.45, 7) is 5.86. The van der Waals surface area contributed by atoms with Crippen LogP contribution < -0.4 is 10.1 Å². The fraction of sp³-hybridized carbons (Fsp3) is 0.370. The third-order valence-corrected chi connectivity index (χ3v) is 6.00. The predicted octanol–water partition coefficient (Wildman–Crippen LogP) is 5.30. The van der Waals surface area contributed by atoms with E-state index < -0.39 is 6.10 Å². The summed E-state index contributed by atoms with van der Waals surface area (Å²) in [5, 5.41) is 5.21. The first-order chi connectivity index (χ1) is 15.2. The largest absolute Gasteiger partial charge is 0.480 e. The molecular formula is C27H32N2O2. The first-order valence-electron chi connectivity index (χ1n) is 11.5. The lowest BCUT2D eigenvalue weighted by Crippen LogP contribution is -2.37. The second-order valence-electron chi connectivity index (χ2n) is 8.37. The monoisotopic (exact) mass is 416 g/mol. The Balaban J connectivity index is 1.36. The Labute approximate surface area is 185 Å². The summed E-state index contributed by atoms with van der Waals surface area (Å²) in [5.74, 6) is 0.681. The van der Waals surface area contributed by atoms with Gasteiger partial charge >= 0.3 is 0 Å². The molecule has 1 heterocycles. The van der Waals surface area contributed by atoms with Crippen molar-refractivity contribution in [2.45, 2.75) is 51.8 Å². The maximum atomic E-state index is 12.8. The Morgan fingerprint density at radius 1 is 0.968 bits per heavy atom. The first kappa shape index (κ1) is 21.4. The lowest BCUT2D eigenvalue weighted by Gasteiger charge is -2.26. The van der Waals surface area contributed by atoms with E-state index in [-0.39, 0.29) is 5.91 Å². The fourth-order valence-corrected chi connectivity index (χ4v) is 4.29. The van der Waals surface area contributed by atoms with Crippen molar-refractivity contribution < 1.29 is 9.53 Å². The molecule has 1 amide bonds. The number of likely N-dealkylation sites (tertiary alicyclic amines) is 1. The smallest absolute Gasteiger partial charge is 0.261 e. The highest BCUT2D eigenvalue weighted by molar-refractivity contribution is 5.89. The van der Waals surface area contributed by atoms with Crippen LogP contribution in [0, 0.1) is 0 Å². The van der Waals surface area contributed by atoms with E-state index in [0.717, 1.165) is 28.6 Å². The van der Waals surface area contributed by atoms with Crippen LogP contribution in [0.3, 0.4) is 0 Å². The van der Waals surface area contributed by atoms with E-state index in [4.69, 9.17) is 4.74 Å². The third-order valence-electron chi connectivity index (χ3n) is 6.00. The quantitative estimate of drug-likeness (QED) is 0.542. The van der Waals surface area contributed by atoms with Gasteiger partial charge in [0.1, 0.15) is 5.75 Å². The van der Waals surface area contributed by atoms with Crippen molar-refractivity contribution >= 4 is 16.7 Å². The van der Waals surface area contributed by atoms with Crippen LogP contribution in [0.4, 0.5) is 0 Å². The number of nitrogens with one attached hydrogen (secondary N) is 1. The molecule has 1 aliphatic heterocycles. The summed E-state index contributed by atoms with van der Waals surface area (Å²) in [6, 6.07) is 22.6. The maximum absolute atomic E-state index is 12.8. The van der Waals surface area contributed by atoms with E-state index in [1.165, 1.54) is 37.9 Å². The molecule has 0 bridgehead atoms. The number of rotatable bonds is 8. The molecule has 3 aromatic rings. The van der Waals surface area contributed by atoms with Gasteiger partial charge in [-0.15, -0.1) is 0 Å². The minimum atomic E-state index is -0.512. The van der Waals surface area contributed by atoms with E-state index >= 15 is 0 Å². The molecule has 4 nitrogen and oxygen atoms in total. The van der Waals surface area contributed by atoms with Gasteiger partial charge in [0.2, 0.25) is 0 Å². The van der Waals surface area contributed by atoms with Gasteiger partial charge < -0.3 is 10.1 Å². The number of ether oxygens (including phenoxy) is 1. The molecule has 1 aliphatic rings. The summed E-state index contributed by atoms with van der Waals surface area (Å²) >= 11 is 0. The minimum absolute atomic E-state index is 0.0723. The van der Waals surface area contributed by atoms with E-state index in [2.05, 4.69) is 46.6 Å². The number of nitrogens with zero attached hydrogens (tertiary/aromatic N) is 1. The molecule has 0 spiro atoms. The second kappa shape index (κ2) is 10.5. The van der Waals surface area contributed by atoms with Crippen molar-refractivity contribution in [3.63, 3.8) is 0 Å². The van der Waals surface area contributed by atoms with Gasteiger partial charge in [0, 0.05) is 18.5 Å². The molecule has 1 N–H and O–H groups in total. The van der Waals surface area contributed by atoms with Crippen molar-refractivity contribution in [1.82, 2.24) is 10.2 Å². The third kappa shape index (κ3) is 5.65. The summed E-state index contributed by atoms with van der Waals surface area (Å²) in [6.07, 6.45) is 4.05. The highest BCUT2D eigenvalue weighted by atomic mass is 16.5. The number of carbonyl (C=O) groups excluding carboxylic acids is 1. The van der Waals surface area contributed by atoms with Gasteiger partial charge in [-0.25, -0.2) is 0 Å². The number of hydrogen-bond acceptors (Lipinski definition) is 3. The fourth-order valence-electron chi connectivity index (χ4n) is 4.29. The van der Waals surface area contributed by atoms with Gasteiger partial charge in [-0.2, -0.15) is 0 Å². The lowest BCUT2D eigenvalue weighted by atomic mass is 10.1. The zero-order chi connectivity index (χ0) is 21.5. The maximum Gasteiger partial charge on any atom is 0.261 e. The number of amides is 1. The standard InChI is InChI=1S/C27H32N2O2/c1-2-25(31-26-15-9-13-23-12-4-5-14-24(23)26)27(30)28-19-21-10-8-11-22(18-21)20-29-16-6-3-7-17-29/h4-5,8-15,18,25H,2-3,6-7,16-17,19-20H2,1H3,(H,28,30)/t25-/m1/s1. The molecule has 0 radical (unpaired) electrons. The van der Waals surface area contributed by atoms with E-state index in [9.17, 15) is 4.79 Å². The Hall–Kier alpha value is -2.85. The molecule has 4 rings (SSSR count). The molecule has 0 aromatic heterocycles. The number of carbonyl (C=O) groups is 1.